The molecule has 19 heavy (non-hydrogen) atoms. The molecule has 1 aliphatic rings. The summed E-state index contributed by atoms with van der Waals surface area (Å²) in [6, 6.07) is 11.2. The number of rotatable bonds is 3. The molecule has 102 valence electrons. The summed E-state index contributed by atoms with van der Waals surface area (Å²) in [6.45, 7) is 4.12. The third-order valence-electron chi connectivity index (χ3n) is 3.09. The first-order chi connectivity index (χ1) is 9.20. The smallest absolute Gasteiger partial charge is 0.0134 e. The Labute approximate surface area is 124 Å². The van der Waals surface area contributed by atoms with E-state index < -0.39 is 0 Å². The second-order valence-electron chi connectivity index (χ2n) is 5.09. The largest absolute Gasteiger partial charge is 0.278 e. The molecule has 2 N–H and O–H groups in total. The van der Waals surface area contributed by atoms with Crippen molar-refractivity contribution in [1.29, 1.82) is 0 Å². The minimum absolute atomic E-state index is 0.579. The number of thiophene rings is 1. The molecule has 3 heteroatoms. The lowest BCUT2D eigenvalue weighted by Crippen LogP contribution is -1.90. The fourth-order valence-electron chi connectivity index (χ4n) is 1.79. The summed E-state index contributed by atoms with van der Waals surface area (Å²) >= 11 is 3.14. The zero-order valence-corrected chi connectivity index (χ0v) is 13.1. The van der Waals surface area contributed by atoms with Crippen molar-refractivity contribution in [3.8, 4) is 11.1 Å². The average molecular weight is 291 g/mol. The normalized spacial score (nSPS) is 14.1. The van der Waals surface area contributed by atoms with Crippen molar-refractivity contribution in [2.45, 2.75) is 37.9 Å². The van der Waals surface area contributed by atoms with Gasteiger partial charge in [0.05, 0.1) is 0 Å². The van der Waals surface area contributed by atoms with Gasteiger partial charge in [-0.3, -0.25) is 5.14 Å². The molecule has 0 radical (unpaired) electrons. The van der Waals surface area contributed by atoms with E-state index in [1.54, 1.807) is 11.3 Å². The lowest BCUT2D eigenvalue weighted by Gasteiger charge is -2.00. The van der Waals surface area contributed by atoms with Gasteiger partial charge in [0.2, 0.25) is 0 Å². The maximum Gasteiger partial charge on any atom is 0.0134 e. The van der Waals surface area contributed by atoms with Crippen molar-refractivity contribution >= 4 is 23.3 Å². The molecule has 0 saturated heterocycles. The molecule has 2 aromatic rings. The lowest BCUT2D eigenvalue weighted by molar-refractivity contribution is 1.11. The molecular formula is C16H21NS2. The van der Waals surface area contributed by atoms with E-state index in [-0.39, 0.29) is 0 Å². The van der Waals surface area contributed by atoms with Crippen molar-refractivity contribution in [2.24, 2.45) is 5.14 Å². The SMILES string of the molecule is CC(C)SN.c1cc(-c2ccc(C3CC3)cc2)cs1. The first-order valence-corrected chi connectivity index (χ1v) is 8.57. The number of benzene rings is 1. The molecule has 0 amide bonds. The Hall–Kier alpha value is -0.770. The standard InChI is InChI=1S/C13H12S.C3H9NS/c1-2-10(1)11-3-5-12(6-4-11)13-7-8-14-9-13;1-3(2)5-4/h3-10H,1-2H2;3H,4H2,1-2H3. The van der Waals surface area contributed by atoms with Gasteiger partial charge in [-0.2, -0.15) is 11.3 Å². The molecule has 1 aromatic heterocycles. The first-order valence-electron chi connectivity index (χ1n) is 6.68. The van der Waals surface area contributed by atoms with Gasteiger partial charge < -0.3 is 0 Å². The van der Waals surface area contributed by atoms with Gasteiger partial charge >= 0.3 is 0 Å². The van der Waals surface area contributed by atoms with Crippen LogP contribution in [0.4, 0.5) is 0 Å². The van der Waals surface area contributed by atoms with E-state index in [2.05, 4.69) is 54.9 Å². The molecule has 1 nitrogen and oxygen atoms in total. The van der Waals surface area contributed by atoms with Crippen molar-refractivity contribution in [2.75, 3.05) is 0 Å². The van der Waals surface area contributed by atoms with Gasteiger partial charge in [0, 0.05) is 5.25 Å². The molecule has 0 spiro atoms. The second-order valence-corrected chi connectivity index (χ2v) is 7.09. The number of nitrogens with two attached hydrogens (primary N) is 1. The van der Waals surface area contributed by atoms with E-state index in [1.165, 1.54) is 41.5 Å². The maximum atomic E-state index is 5.09. The Morgan fingerprint density at radius 3 is 2.16 bits per heavy atom. The molecule has 0 unspecified atom stereocenters. The summed E-state index contributed by atoms with van der Waals surface area (Å²) in [5.74, 6) is 0.867. The van der Waals surface area contributed by atoms with Gasteiger partial charge in [-0.1, -0.05) is 50.1 Å². The fraction of sp³-hybridized carbons (Fsp3) is 0.375. The van der Waals surface area contributed by atoms with Crippen LogP contribution in [-0.4, -0.2) is 5.25 Å². The Morgan fingerprint density at radius 2 is 1.74 bits per heavy atom. The first kappa shape index (κ1) is 14.6. The summed E-state index contributed by atoms with van der Waals surface area (Å²) in [5, 5.41) is 10.00. The zero-order chi connectivity index (χ0) is 13.7. The van der Waals surface area contributed by atoms with Crippen LogP contribution in [0, 0.1) is 0 Å². The molecule has 1 heterocycles. The summed E-state index contributed by atoms with van der Waals surface area (Å²) in [4.78, 5) is 0. The van der Waals surface area contributed by atoms with E-state index in [9.17, 15) is 0 Å². The van der Waals surface area contributed by atoms with Crippen LogP contribution >= 0.6 is 23.3 Å². The van der Waals surface area contributed by atoms with E-state index in [0.29, 0.717) is 5.25 Å². The molecular weight excluding hydrogens is 270 g/mol. The highest BCUT2D eigenvalue weighted by Gasteiger charge is 2.22. The van der Waals surface area contributed by atoms with Crippen LogP contribution in [-0.2, 0) is 0 Å². The quantitative estimate of drug-likeness (QED) is 0.777. The van der Waals surface area contributed by atoms with Crippen molar-refractivity contribution in [3.63, 3.8) is 0 Å². The van der Waals surface area contributed by atoms with E-state index in [1.807, 2.05) is 0 Å². The summed E-state index contributed by atoms with van der Waals surface area (Å²) in [5.41, 5.74) is 4.21. The number of hydrogen-bond donors (Lipinski definition) is 1. The highest BCUT2D eigenvalue weighted by Crippen LogP contribution is 2.40. The maximum absolute atomic E-state index is 5.09. The van der Waals surface area contributed by atoms with Gasteiger partial charge in [-0.15, -0.1) is 0 Å². The fourth-order valence-corrected chi connectivity index (χ4v) is 2.46. The van der Waals surface area contributed by atoms with Crippen LogP contribution in [0.15, 0.2) is 41.1 Å². The van der Waals surface area contributed by atoms with Crippen LogP contribution < -0.4 is 5.14 Å². The molecule has 1 saturated carbocycles. The average Bonchev–Trinajstić information content (AvgIpc) is 3.15. The Balaban J connectivity index is 0.000000232. The van der Waals surface area contributed by atoms with Crippen LogP contribution in [0.1, 0.15) is 38.2 Å². The van der Waals surface area contributed by atoms with Gasteiger partial charge in [-0.25, -0.2) is 0 Å². The van der Waals surface area contributed by atoms with Crippen molar-refractivity contribution < 1.29 is 0 Å². The van der Waals surface area contributed by atoms with Crippen molar-refractivity contribution in [3.05, 3.63) is 46.7 Å². The van der Waals surface area contributed by atoms with E-state index >= 15 is 0 Å². The van der Waals surface area contributed by atoms with Crippen LogP contribution in [0.2, 0.25) is 0 Å². The Morgan fingerprint density at radius 1 is 1.11 bits per heavy atom. The zero-order valence-electron chi connectivity index (χ0n) is 11.5. The predicted octanol–water partition coefficient (Wildman–Crippen LogP) is 5.29. The third-order valence-corrected chi connectivity index (χ3v) is 4.31. The minimum atomic E-state index is 0.579. The van der Waals surface area contributed by atoms with Crippen LogP contribution in [0.5, 0.6) is 0 Å². The molecule has 0 bridgehead atoms. The van der Waals surface area contributed by atoms with Gasteiger partial charge in [0.1, 0.15) is 0 Å². The summed E-state index contributed by atoms with van der Waals surface area (Å²) in [6.07, 6.45) is 2.77. The molecule has 1 fully saturated rings. The second kappa shape index (κ2) is 7.13. The monoisotopic (exact) mass is 291 g/mol. The molecule has 0 aliphatic heterocycles. The van der Waals surface area contributed by atoms with Gasteiger partial charge in [-0.05, 0) is 52.3 Å². The number of hydrogen-bond acceptors (Lipinski definition) is 3. The van der Waals surface area contributed by atoms with Crippen LogP contribution in [0.3, 0.4) is 0 Å². The van der Waals surface area contributed by atoms with Gasteiger partial charge in [0.25, 0.3) is 0 Å². The Kier molecular flexibility index (Phi) is 5.49. The van der Waals surface area contributed by atoms with Crippen LogP contribution in [0.25, 0.3) is 11.1 Å². The third kappa shape index (κ3) is 4.68. The van der Waals surface area contributed by atoms with Crippen molar-refractivity contribution in [1.82, 2.24) is 0 Å². The summed E-state index contributed by atoms with van der Waals surface area (Å²) < 4.78 is 0. The lowest BCUT2D eigenvalue weighted by atomic mass is 10.0. The minimum Gasteiger partial charge on any atom is -0.278 e. The molecule has 1 aliphatic carbocycles. The molecule has 3 rings (SSSR count). The highest BCUT2D eigenvalue weighted by atomic mass is 32.2. The van der Waals surface area contributed by atoms with E-state index in [4.69, 9.17) is 5.14 Å². The molecule has 0 atom stereocenters. The Bertz CT molecular complexity index is 470. The van der Waals surface area contributed by atoms with Gasteiger partial charge in [0.15, 0.2) is 0 Å². The highest BCUT2D eigenvalue weighted by molar-refractivity contribution is 7.97. The predicted molar refractivity (Wildman–Crippen MR) is 88.6 cm³/mol. The summed E-state index contributed by atoms with van der Waals surface area (Å²) in [7, 11) is 0. The van der Waals surface area contributed by atoms with E-state index in [0.717, 1.165) is 5.92 Å². The topological polar surface area (TPSA) is 26.0 Å². The molecule has 1 aromatic carbocycles.